The molecule has 0 fully saturated rings. The number of aromatic amines is 1. The molecule has 3 nitrogen and oxygen atoms in total. The van der Waals surface area contributed by atoms with Crippen LogP contribution in [0.1, 0.15) is 11.1 Å². The molecule has 0 saturated carbocycles. The van der Waals surface area contributed by atoms with Crippen LogP contribution in [-0.4, -0.2) is 10.2 Å². The maximum atomic E-state index is 13.2. The summed E-state index contributed by atoms with van der Waals surface area (Å²) in [5.74, 6) is -0.182. The fourth-order valence-electron chi connectivity index (χ4n) is 2.03. The molecule has 0 aliphatic carbocycles. The van der Waals surface area contributed by atoms with Crippen LogP contribution < -0.4 is 5.32 Å². The number of rotatable bonds is 4. The highest BCUT2D eigenvalue weighted by molar-refractivity contribution is 7.13. The number of H-pyrrole nitrogens is 1. The Balaban J connectivity index is 1.76. The normalized spacial score (nSPS) is 10.7. The minimum atomic E-state index is -0.182. The van der Waals surface area contributed by atoms with Gasteiger partial charge >= 0.3 is 0 Å². The van der Waals surface area contributed by atoms with Crippen molar-refractivity contribution in [2.24, 2.45) is 0 Å². The number of halogens is 1. The van der Waals surface area contributed by atoms with Crippen molar-refractivity contribution in [3.05, 3.63) is 58.9 Å². The Morgan fingerprint density at radius 1 is 1.35 bits per heavy atom. The van der Waals surface area contributed by atoms with Crippen LogP contribution in [0.4, 0.5) is 10.1 Å². The molecule has 0 saturated heterocycles. The van der Waals surface area contributed by atoms with Gasteiger partial charge in [0.25, 0.3) is 0 Å². The number of hydrogen-bond donors (Lipinski definition) is 2. The van der Waals surface area contributed by atoms with E-state index >= 15 is 0 Å². The van der Waals surface area contributed by atoms with Crippen molar-refractivity contribution >= 4 is 17.0 Å². The lowest BCUT2D eigenvalue weighted by Gasteiger charge is -2.07. The standard InChI is InChI=1S/C15H14FN3S/c1-10-7-12(4-5-13(10)16)17-8-11-9-18-19-15(11)14-3-2-6-20-14/h2-7,9,17H,8H2,1H3,(H,18,19). The zero-order valence-corrected chi connectivity index (χ0v) is 11.8. The minimum absolute atomic E-state index is 0.182. The predicted molar refractivity (Wildman–Crippen MR) is 80.4 cm³/mol. The van der Waals surface area contributed by atoms with Gasteiger partial charge in [0.2, 0.25) is 0 Å². The van der Waals surface area contributed by atoms with E-state index < -0.39 is 0 Å². The molecule has 0 radical (unpaired) electrons. The van der Waals surface area contributed by atoms with Gasteiger partial charge in [0.15, 0.2) is 0 Å². The fraction of sp³-hybridized carbons (Fsp3) is 0.133. The number of aryl methyl sites for hydroxylation is 1. The van der Waals surface area contributed by atoms with E-state index in [1.165, 1.54) is 6.07 Å². The van der Waals surface area contributed by atoms with Crippen LogP contribution in [0, 0.1) is 12.7 Å². The van der Waals surface area contributed by atoms with E-state index in [1.807, 2.05) is 17.6 Å². The molecule has 102 valence electrons. The lowest BCUT2D eigenvalue weighted by molar-refractivity contribution is 0.618. The van der Waals surface area contributed by atoms with Gasteiger partial charge in [-0.05, 0) is 42.1 Å². The SMILES string of the molecule is Cc1cc(NCc2cn[nH]c2-c2cccs2)ccc1F. The van der Waals surface area contributed by atoms with Gasteiger partial charge in [-0.15, -0.1) is 11.3 Å². The van der Waals surface area contributed by atoms with E-state index in [1.54, 1.807) is 30.4 Å². The number of nitrogens with one attached hydrogen (secondary N) is 2. The van der Waals surface area contributed by atoms with Gasteiger partial charge in [-0.3, -0.25) is 5.10 Å². The van der Waals surface area contributed by atoms with Crippen LogP contribution in [-0.2, 0) is 6.54 Å². The highest BCUT2D eigenvalue weighted by Gasteiger charge is 2.08. The summed E-state index contributed by atoms with van der Waals surface area (Å²) in [6, 6.07) is 9.10. The number of aromatic nitrogens is 2. The minimum Gasteiger partial charge on any atom is -0.381 e. The van der Waals surface area contributed by atoms with E-state index in [4.69, 9.17) is 0 Å². The molecule has 0 unspecified atom stereocenters. The summed E-state index contributed by atoms with van der Waals surface area (Å²) in [4.78, 5) is 1.16. The number of hydrogen-bond acceptors (Lipinski definition) is 3. The highest BCUT2D eigenvalue weighted by Crippen LogP contribution is 2.26. The van der Waals surface area contributed by atoms with Crippen molar-refractivity contribution in [2.75, 3.05) is 5.32 Å². The average Bonchev–Trinajstić information content (AvgIpc) is 3.09. The van der Waals surface area contributed by atoms with Gasteiger partial charge in [0, 0.05) is 17.8 Å². The maximum Gasteiger partial charge on any atom is 0.126 e. The molecule has 3 aromatic rings. The van der Waals surface area contributed by atoms with Crippen LogP contribution in [0.15, 0.2) is 41.9 Å². The zero-order valence-electron chi connectivity index (χ0n) is 11.0. The quantitative estimate of drug-likeness (QED) is 0.755. The molecule has 0 aliphatic rings. The van der Waals surface area contributed by atoms with Crippen LogP contribution in [0.2, 0.25) is 0 Å². The van der Waals surface area contributed by atoms with Gasteiger partial charge in [-0.25, -0.2) is 4.39 Å². The number of anilines is 1. The third kappa shape index (κ3) is 2.58. The molecule has 0 spiro atoms. The molecule has 0 atom stereocenters. The molecule has 1 aromatic carbocycles. The van der Waals surface area contributed by atoms with Crippen LogP contribution in [0.25, 0.3) is 10.6 Å². The Bertz CT molecular complexity index is 704. The Kier molecular flexibility index (Phi) is 3.52. The number of benzene rings is 1. The summed E-state index contributed by atoms with van der Waals surface area (Å²) in [5.41, 5.74) is 3.67. The highest BCUT2D eigenvalue weighted by atomic mass is 32.1. The van der Waals surface area contributed by atoms with Gasteiger partial charge in [0.1, 0.15) is 5.82 Å². The Morgan fingerprint density at radius 2 is 2.25 bits per heavy atom. The van der Waals surface area contributed by atoms with E-state index in [2.05, 4.69) is 21.6 Å². The van der Waals surface area contributed by atoms with Gasteiger partial charge in [0.05, 0.1) is 16.8 Å². The number of nitrogens with zero attached hydrogens (tertiary/aromatic N) is 1. The molecular formula is C15H14FN3S. The third-order valence-corrected chi connectivity index (χ3v) is 4.01. The summed E-state index contributed by atoms with van der Waals surface area (Å²) in [6.45, 7) is 2.41. The first-order chi connectivity index (χ1) is 9.74. The van der Waals surface area contributed by atoms with E-state index in [-0.39, 0.29) is 5.82 Å². The molecule has 0 bridgehead atoms. The molecule has 2 aromatic heterocycles. The second-order valence-electron chi connectivity index (χ2n) is 4.57. The maximum absolute atomic E-state index is 13.2. The molecule has 0 amide bonds. The molecule has 5 heteroatoms. The Labute approximate surface area is 120 Å². The lowest BCUT2D eigenvalue weighted by Crippen LogP contribution is -2.00. The molecular weight excluding hydrogens is 273 g/mol. The van der Waals surface area contributed by atoms with Crippen molar-refractivity contribution in [2.45, 2.75) is 13.5 Å². The lowest BCUT2D eigenvalue weighted by atomic mass is 10.2. The summed E-state index contributed by atoms with van der Waals surface area (Å²) in [6.07, 6.45) is 1.82. The van der Waals surface area contributed by atoms with Crippen molar-refractivity contribution in [3.63, 3.8) is 0 Å². The molecule has 3 rings (SSSR count). The summed E-state index contributed by atoms with van der Waals surface area (Å²) in [7, 11) is 0. The molecule has 0 aliphatic heterocycles. The van der Waals surface area contributed by atoms with Crippen LogP contribution >= 0.6 is 11.3 Å². The molecule has 20 heavy (non-hydrogen) atoms. The van der Waals surface area contributed by atoms with Crippen molar-refractivity contribution in [3.8, 4) is 10.6 Å². The van der Waals surface area contributed by atoms with Gasteiger partial charge in [-0.1, -0.05) is 6.07 Å². The van der Waals surface area contributed by atoms with Gasteiger partial charge in [-0.2, -0.15) is 5.10 Å². The summed E-state index contributed by atoms with van der Waals surface area (Å²) >= 11 is 1.67. The monoisotopic (exact) mass is 287 g/mol. The Morgan fingerprint density at radius 3 is 3.00 bits per heavy atom. The molecule has 2 heterocycles. The largest absolute Gasteiger partial charge is 0.381 e. The Hall–Kier alpha value is -2.14. The number of thiophene rings is 1. The van der Waals surface area contributed by atoms with Crippen LogP contribution in [0.3, 0.4) is 0 Å². The summed E-state index contributed by atoms with van der Waals surface area (Å²) < 4.78 is 13.2. The first-order valence-corrected chi connectivity index (χ1v) is 7.18. The van der Waals surface area contributed by atoms with E-state index in [0.29, 0.717) is 12.1 Å². The van der Waals surface area contributed by atoms with E-state index in [0.717, 1.165) is 21.8 Å². The average molecular weight is 287 g/mol. The van der Waals surface area contributed by atoms with Gasteiger partial charge < -0.3 is 5.32 Å². The zero-order chi connectivity index (χ0) is 13.9. The fourth-order valence-corrected chi connectivity index (χ4v) is 2.79. The second kappa shape index (κ2) is 5.46. The van der Waals surface area contributed by atoms with Crippen molar-refractivity contribution < 1.29 is 4.39 Å². The topological polar surface area (TPSA) is 40.7 Å². The molecule has 2 N–H and O–H groups in total. The third-order valence-electron chi connectivity index (χ3n) is 3.13. The first-order valence-electron chi connectivity index (χ1n) is 6.30. The second-order valence-corrected chi connectivity index (χ2v) is 5.51. The smallest absolute Gasteiger partial charge is 0.126 e. The summed E-state index contributed by atoms with van der Waals surface area (Å²) in [5, 5.41) is 12.5. The van der Waals surface area contributed by atoms with Crippen LogP contribution in [0.5, 0.6) is 0 Å². The van der Waals surface area contributed by atoms with E-state index in [9.17, 15) is 4.39 Å². The van der Waals surface area contributed by atoms with Crippen molar-refractivity contribution in [1.29, 1.82) is 0 Å². The van der Waals surface area contributed by atoms with Crippen molar-refractivity contribution in [1.82, 2.24) is 10.2 Å². The first kappa shape index (κ1) is 12.9. The predicted octanol–water partition coefficient (Wildman–Crippen LogP) is 4.20.